The van der Waals surface area contributed by atoms with Crippen molar-refractivity contribution >= 4 is 5.82 Å². The summed E-state index contributed by atoms with van der Waals surface area (Å²) in [6.45, 7) is 8.22. The molecule has 0 amide bonds. The number of aryl methyl sites for hydroxylation is 1. The summed E-state index contributed by atoms with van der Waals surface area (Å²) >= 11 is 0. The minimum absolute atomic E-state index is 0.0515. The summed E-state index contributed by atoms with van der Waals surface area (Å²) in [7, 11) is 0. The van der Waals surface area contributed by atoms with Crippen LogP contribution in [0.25, 0.3) is 0 Å². The normalized spacial score (nSPS) is 13.0. The Morgan fingerprint density at radius 3 is 2.43 bits per heavy atom. The molecule has 3 heteroatoms. The highest BCUT2D eigenvalue weighted by molar-refractivity contribution is 5.41. The van der Waals surface area contributed by atoms with Crippen molar-refractivity contribution in [3.05, 3.63) is 23.4 Å². The van der Waals surface area contributed by atoms with Crippen molar-refractivity contribution in [2.24, 2.45) is 5.73 Å². The molecular weight excluding hydrogens is 174 g/mol. The highest BCUT2D eigenvalue weighted by Crippen LogP contribution is 2.17. The van der Waals surface area contributed by atoms with E-state index in [-0.39, 0.29) is 6.04 Å². The number of nitrogens with one attached hydrogen (secondary N) is 1. The average Bonchev–Trinajstić information content (AvgIpc) is 2.01. The standard InChI is InChI=1S/C11H19N3/c1-7(2)14-11-5-8(3)10(6-13-11)9(4)12/h5-7,9H,12H2,1-4H3,(H,13,14). The van der Waals surface area contributed by atoms with Gasteiger partial charge in [-0.1, -0.05) is 0 Å². The van der Waals surface area contributed by atoms with Gasteiger partial charge in [-0.15, -0.1) is 0 Å². The van der Waals surface area contributed by atoms with Gasteiger partial charge in [0.15, 0.2) is 0 Å². The van der Waals surface area contributed by atoms with E-state index in [2.05, 4.69) is 31.1 Å². The van der Waals surface area contributed by atoms with Crippen molar-refractivity contribution in [2.75, 3.05) is 5.32 Å². The molecule has 3 N–H and O–H groups in total. The van der Waals surface area contributed by atoms with Gasteiger partial charge in [0, 0.05) is 18.3 Å². The Kier molecular flexibility index (Phi) is 3.47. The summed E-state index contributed by atoms with van der Waals surface area (Å²) in [6, 6.07) is 2.50. The van der Waals surface area contributed by atoms with Gasteiger partial charge in [0.2, 0.25) is 0 Å². The fraction of sp³-hybridized carbons (Fsp3) is 0.545. The first-order valence-corrected chi connectivity index (χ1v) is 4.99. The highest BCUT2D eigenvalue weighted by Gasteiger charge is 2.05. The number of pyridine rings is 1. The van der Waals surface area contributed by atoms with E-state index in [0.717, 1.165) is 11.4 Å². The molecule has 1 atom stereocenters. The van der Waals surface area contributed by atoms with E-state index in [9.17, 15) is 0 Å². The summed E-state index contributed by atoms with van der Waals surface area (Å²) in [5.41, 5.74) is 8.11. The number of hydrogen-bond acceptors (Lipinski definition) is 3. The summed E-state index contributed by atoms with van der Waals surface area (Å²) < 4.78 is 0. The molecule has 3 nitrogen and oxygen atoms in total. The SMILES string of the molecule is Cc1cc(NC(C)C)ncc1C(C)N. The van der Waals surface area contributed by atoms with Crippen LogP contribution in [0.5, 0.6) is 0 Å². The number of nitrogens with zero attached hydrogens (tertiary/aromatic N) is 1. The largest absolute Gasteiger partial charge is 0.368 e. The Morgan fingerprint density at radius 2 is 2.00 bits per heavy atom. The molecule has 0 spiro atoms. The lowest BCUT2D eigenvalue weighted by molar-refractivity contribution is 0.801. The van der Waals surface area contributed by atoms with Crippen LogP contribution >= 0.6 is 0 Å². The van der Waals surface area contributed by atoms with Crippen molar-refractivity contribution in [1.82, 2.24) is 4.98 Å². The zero-order valence-corrected chi connectivity index (χ0v) is 9.33. The third-order valence-electron chi connectivity index (χ3n) is 2.08. The van der Waals surface area contributed by atoms with E-state index in [4.69, 9.17) is 5.73 Å². The van der Waals surface area contributed by atoms with Gasteiger partial charge < -0.3 is 11.1 Å². The van der Waals surface area contributed by atoms with Crippen LogP contribution in [0, 0.1) is 6.92 Å². The quantitative estimate of drug-likeness (QED) is 0.774. The first-order valence-electron chi connectivity index (χ1n) is 4.99. The van der Waals surface area contributed by atoms with Crippen LogP contribution in [0.15, 0.2) is 12.3 Å². The number of nitrogens with two attached hydrogens (primary N) is 1. The third-order valence-corrected chi connectivity index (χ3v) is 2.08. The van der Waals surface area contributed by atoms with Crippen LogP contribution in [0.1, 0.15) is 37.9 Å². The number of aromatic nitrogens is 1. The van der Waals surface area contributed by atoms with Crippen molar-refractivity contribution in [2.45, 2.75) is 39.8 Å². The molecule has 0 radical (unpaired) electrons. The predicted octanol–water partition coefficient (Wildman–Crippen LogP) is 2.23. The highest BCUT2D eigenvalue weighted by atomic mass is 15.0. The molecule has 0 aliphatic rings. The van der Waals surface area contributed by atoms with Crippen LogP contribution < -0.4 is 11.1 Å². The Balaban J connectivity index is 2.89. The van der Waals surface area contributed by atoms with Crippen molar-refractivity contribution in [3.8, 4) is 0 Å². The molecule has 1 aromatic rings. The molecule has 1 unspecified atom stereocenters. The van der Waals surface area contributed by atoms with Crippen LogP contribution in [0.3, 0.4) is 0 Å². The maximum Gasteiger partial charge on any atom is 0.126 e. The number of rotatable bonds is 3. The second-order valence-corrected chi connectivity index (χ2v) is 4.01. The predicted molar refractivity (Wildman–Crippen MR) is 60.3 cm³/mol. The van der Waals surface area contributed by atoms with Gasteiger partial charge in [-0.3, -0.25) is 0 Å². The molecule has 0 saturated heterocycles. The Hall–Kier alpha value is -1.09. The second kappa shape index (κ2) is 4.42. The average molecular weight is 193 g/mol. The van der Waals surface area contributed by atoms with E-state index >= 15 is 0 Å². The molecule has 1 rings (SSSR count). The lowest BCUT2D eigenvalue weighted by atomic mass is 10.1. The zero-order chi connectivity index (χ0) is 10.7. The smallest absolute Gasteiger partial charge is 0.126 e. The zero-order valence-electron chi connectivity index (χ0n) is 9.33. The topological polar surface area (TPSA) is 50.9 Å². The molecule has 0 aliphatic carbocycles. The van der Waals surface area contributed by atoms with Crippen LogP contribution in [-0.2, 0) is 0 Å². The summed E-state index contributed by atoms with van der Waals surface area (Å²) in [5, 5.41) is 3.26. The van der Waals surface area contributed by atoms with Gasteiger partial charge in [-0.25, -0.2) is 4.98 Å². The van der Waals surface area contributed by atoms with Crippen LogP contribution in [-0.4, -0.2) is 11.0 Å². The summed E-state index contributed by atoms with van der Waals surface area (Å²) in [6.07, 6.45) is 1.85. The molecule has 14 heavy (non-hydrogen) atoms. The van der Waals surface area contributed by atoms with E-state index in [0.29, 0.717) is 6.04 Å². The van der Waals surface area contributed by atoms with Gasteiger partial charge in [0.25, 0.3) is 0 Å². The Labute approximate surface area is 85.7 Å². The third kappa shape index (κ3) is 2.70. The van der Waals surface area contributed by atoms with E-state index in [1.807, 2.05) is 19.2 Å². The lowest BCUT2D eigenvalue weighted by Crippen LogP contribution is -2.13. The first kappa shape index (κ1) is 11.0. The second-order valence-electron chi connectivity index (χ2n) is 4.01. The number of anilines is 1. The summed E-state index contributed by atoms with van der Waals surface area (Å²) in [5.74, 6) is 0.918. The van der Waals surface area contributed by atoms with Gasteiger partial charge >= 0.3 is 0 Å². The monoisotopic (exact) mass is 193 g/mol. The maximum absolute atomic E-state index is 5.81. The molecule has 1 heterocycles. The molecule has 0 aromatic carbocycles. The summed E-state index contributed by atoms with van der Waals surface area (Å²) in [4.78, 5) is 4.31. The minimum Gasteiger partial charge on any atom is -0.368 e. The van der Waals surface area contributed by atoms with E-state index in [1.54, 1.807) is 0 Å². The van der Waals surface area contributed by atoms with Crippen molar-refractivity contribution in [1.29, 1.82) is 0 Å². The molecule has 0 fully saturated rings. The van der Waals surface area contributed by atoms with Crippen molar-refractivity contribution in [3.63, 3.8) is 0 Å². The minimum atomic E-state index is 0.0515. The van der Waals surface area contributed by atoms with Crippen LogP contribution in [0.2, 0.25) is 0 Å². The van der Waals surface area contributed by atoms with E-state index < -0.39 is 0 Å². The molecule has 0 bridgehead atoms. The lowest BCUT2D eigenvalue weighted by Gasteiger charge is -2.13. The van der Waals surface area contributed by atoms with Gasteiger partial charge in [-0.05, 0) is 44.9 Å². The van der Waals surface area contributed by atoms with Gasteiger partial charge in [-0.2, -0.15) is 0 Å². The molecule has 0 aliphatic heterocycles. The first-order chi connectivity index (χ1) is 6.50. The number of hydrogen-bond donors (Lipinski definition) is 2. The molecule has 1 aromatic heterocycles. The fourth-order valence-electron chi connectivity index (χ4n) is 1.42. The fourth-order valence-corrected chi connectivity index (χ4v) is 1.42. The van der Waals surface area contributed by atoms with Crippen LogP contribution in [0.4, 0.5) is 5.82 Å². The van der Waals surface area contributed by atoms with E-state index in [1.165, 1.54) is 5.56 Å². The Bertz CT molecular complexity index is 305. The maximum atomic E-state index is 5.81. The van der Waals surface area contributed by atoms with Crippen molar-refractivity contribution < 1.29 is 0 Å². The Morgan fingerprint density at radius 1 is 1.36 bits per heavy atom. The molecule has 78 valence electrons. The van der Waals surface area contributed by atoms with Gasteiger partial charge in [0.1, 0.15) is 5.82 Å². The molecular formula is C11H19N3. The molecule has 0 saturated carbocycles. The van der Waals surface area contributed by atoms with Gasteiger partial charge in [0.05, 0.1) is 0 Å².